The Bertz CT molecular complexity index is 838. The van der Waals surface area contributed by atoms with E-state index in [1.54, 1.807) is 46.9 Å². The van der Waals surface area contributed by atoms with Crippen LogP contribution in [0.15, 0.2) is 16.9 Å². The number of carbonyl (C=O) groups excluding carboxylic acids is 1. The van der Waals surface area contributed by atoms with Crippen LogP contribution in [-0.2, 0) is 22.8 Å². The zero-order chi connectivity index (χ0) is 18.1. The molecular weight excluding hydrogens is 330 g/mol. The molecule has 0 aliphatic rings. The Hall–Kier alpha value is -1.92. The molecule has 1 heterocycles. The molecule has 7 heteroatoms. The fraction of sp³-hybridized carbons (Fsp3) is 0.471. The summed E-state index contributed by atoms with van der Waals surface area (Å²) in [6.45, 7) is 7.36. The number of nitrogens with one attached hydrogen (secondary N) is 1. The highest BCUT2D eigenvalue weighted by Crippen LogP contribution is 2.21. The minimum atomic E-state index is -0.630. The lowest BCUT2D eigenvalue weighted by Crippen LogP contribution is -2.30. The van der Waals surface area contributed by atoms with Crippen LogP contribution in [0, 0.1) is 12.3 Å². The van der Waals surface area contributed by atoms with E-state index in [4.69, 9.17) is 16.3 Å². The number of carbonyl (C=O) groups is 1. The third-order valence-corrected chi connectivity index (χ3v) is 3.97. The maximum atomic E-state index is 12.7. The summed E-state index contributed by atoms with van der Waals surface area (Å²) in [6, 6.07) is 3.41. The standard InChI is InChI=1S/C17H22ClN3O3/c1-10-20-14-7-13(18)11(8-19-5)6-12(14)15(22)21(10)9-24-16(23)17(2,3)4/h6-7,19H,8-9H2,1-5H3. The molecule has 0 aliphatic carbocycles. The Morgan fingerprint density at radius 2 is 2.04 bits per heavy atom. The summed E-state index contributed by atoms with van der Waals surface area (Å²) in [6.07, 6.45) is 0. The van der Waals surface area contributed by atoms with E-state index in [9.17, 15) is 9.59 Å². The largest absolute Gasteiger partial charge is 0.443 e. The number of rotatable bonds is 4. The number of aromatic nitrogens is 2. The van der Waals surface area contributed by atoms with Gasteiger partial charge >= 0.3 is 5.97 Å². The van der Waals surface area contributed by atoms with Crippen molar-refractivity contribution in [3.8, 4) is 0 Å². The highest BCUT2D eigenvalue weighted by Gasteiger charge is 2.23. The normalized spacial score (nSPS) is 11.8. The highest BCUT2D eigenvalue weighted by atomic mass is 35.5. The molecular formula is C17H22ClN3O3. The van der Waals surface area contributed by atoms with Gasteiger partial charge in [0.2, 0.25) is 0 Å². The van der Waals surface area contributed by atoms with E-state index in [-0.39, 0.29) is 18.3 Å². The second kappa shape index (κ2) is 6.91. The molecule has 0 aliphatic heterocycles. The molecule has 6 nitrogen and oxygen atoms in total. The molecule has 2 aromatic rings. The van der Waals surface area contributed by atoms with Gasteiger partial charge in [-0.3, -0.25) is 14.2 Å². The lowest BCUT2D eigenvalue weighted by molar-refractivity contribution is -0.157. The summed E-state index contributed by atoms with van der Waals surface area (Å²) in [5.41, 5.74) is 0.455. The average Bonchev–Trinajstić information content (AvgIpc) is 2.47. The summed E-state index contributed by atoms with van der Waals surface area (Å²) in [5.74, 6) is 0.0903. The fourth-order valence-electron chi connectivity index (χ4n) is 2.22. The molecule has 1 N–H and O–H groups in total. The van der Waals surface area contributed by atoms with E-state index in [1.165, 1.54) is 4.57 Å². The van der Waals surface area contributed by atoms with Gasteiger partial charge < -0.3 is 10.1 Å². The Kier molecular flexibility index (Phi) is 5.30. The van der Waals surface area contributed by atoms with Crippen molar-refractivity contribution in [1.29, 1.82) is 0 Å². The van der Waals surface area contributed by atoms with E-state index in [0.29, 0.717) is 28.3 Å². The number of halogens is 1. The SMILES string of the molecule is CNCc1cc2c(=O)n(COC(=O)C(C)(C)C)c(C)nc2cc1Cl. The first-order valence-corrected chi connectivity index (χ1v) is 8.04. The first-order valence-electron chi connectivity index (χ1n) is 7.66. The summed E-state index contributed by atoms with van der Waals surface area (Å²) in [4.78, 5) is 29.1. The number of ether oxygens (including phenoxy) is 1. The van der Waals surface area contributed by atoms with E-state index in [0.717, 1.165) is 5.56 Å². The Balaban J connectivity index is 2.46. The molecule has 0 unspecified atom stereocenters. The van der Waals surface area contributed by atoms with E-state index in [2.05, 4.69) is 10.3 Å². The molecule has 0 radical (unpaired) electrons. The molecule has 1 aromatic heterocycles. The summed E-state index contributed by atoms with van der Waals surface area (Å²) >= 11 is 6.22. The van der Waals surface area contributed by atoms with Crippen LogP contribution in [0.2, 0.25) is 5.02 Å². The van der Waals surface area contributed by atoms with Crippen LogP contribution >= 0.6 is 11.6 Å². The van der Waals surface area contributed by atoms with Crippen molar-refractivity contribution in [2.45, 2.75) is 41.0 Å². The van der Waals surface area contributed by atoms with Gasteiger partial charge in [0, 0.05) is 11.6 Å². The molecule has 0 amide bonds. The average molecular weight is 352 g/mol. The monoisotopic (exact) mass is 351 g/mol. The molecule has 2 rings (SSSR count). The van der Waals surface area contributed by atoms with Gasteiger partial charge in [0.25, 0.3) is 5.56 Å². The summed E-state index contributed by atoms with van der Waals surface area (Å²) in [5, 5.41) is 4.01. The van der Waals surface area contributed by atoms with Crippen LogP contribution in [0.25, 0.3) is 10.9 Å². The number of fused-ring (bicyclic) bond motifs is 1. The van der Waals surface area contributed by atoms with Crippen molar-refractivity contribution in [2.75, 3.05) is 7.05 Å². The Morgan fingerprint density at radius 1 is 1.38 bits per heavy atom. The second-order valence-corrected chi connectivity index (χ2v) is 7.10. The number of hydrogen-bond acceptors (Lipinski definition) is 5. The van der Waals surface area contributed by atoms with Gasteiger partial charge in [0.05, 0.1) is 16.3 Å². The first kappa shape index (κ1) is 18.4. The zero-order valence-corrected chi connectivity index (χ0v) is 15.3. The number of nitrogens with zero attached hydrogens (tertiary/aromatic N) is 2. The van der Waals surface area contributed by atoms with Crippen LogP contribution in [0.5, 0.6) is 0 Å². The third kappa shape index (κ3) is 3.76. The molecule has 0 bridgehead atoms. The quantitative estimate of drug-likeness (QED) is 0.857. The van der Waals surface area contributed by atoms with Crippen LogP contribution in [0.3, 0.4) is 0 Å². The van der Waals surface area contributed by atoms with Gasteiger partial charge in [-0.15, -0.1) is 0 Å². The Morgan fingerprint density at radius 3 is 2.62 bits per heavy atom. The van der Waals surface area contributed by atoms with Crippen molar-refractivity contribution < 1.29 is 9.53 Å². The van der Waals surface area contributed by atoms with Crippen LogP contribution in [-0.4, -0.2) is 22.6 Å². The first-order chi connectivity index (χ1) is 11.1. The van der Waals surface area contributed by atoms with Crippen molar-refractivity contribution in [1.82, 2.24) is 14.9 Å². The molecule has 130 valence electrons. The molecule has 1 aromatic carbocycles. The fourth-order valence-corrected chi connectivity index (χ4v) is 2.44. The van der Waals surface area contributed by atoms with Crippen molar-refractivity contribution in [3.63, 3.8) is 0 Å². The number of hydrogen-bond donors (Lipinski definition) is 1. The maximum absolute atomic E-state index is 12.7. The van der Waals surface area contributed by atoms with Crippen LogP contribution in [0.4, 0.5) is 0 Å². The van der Waals surface area contributed by atoms with Gasteiger partial charge in [0.1, 0.15) is 5.82 Å². The molecule has 24 heavy (non-hydrogen) atoms. The molecule has 0 saturated heterocycles. The van der Waals surface area contributed by atoms with E-state index < -0.39 is 5.41 Å². The third-order valence-electron chi connectivity index (χ3n) is 3.62. The predicted molar refractivity (Wildman–Crippen MR) is 94.1 cm³/mol. The Labute approximate surface area is 145 Å². The van der Waals surface area contributed by atoms with Crippen molar-refractivity contribution in [2.24, 2.45) is 5.41 Å². The lowest BCUT2D eigenvalue weighted by Gasteiger charge is -2.18. The minimum Gasteiger partial charge on any atom is -0.443 e. The van der Waals surface area contributed by atoms with Crippen LogP contribution < -0.4 is 10.9 Å². The zero-order valence-electron chi connectivity index (χ0n) is 14.6. The predicted octanol–water partition coefficient (Wildman–Crippen LogP) is 2.62. The van der Waals surface area contributed by atoms with Crippen LogP contribution in [0.1, 0.15) is 32.2 Å². The lowest BCUT2D eigenvalue weighted by atomic mass is 9.98. The van der Waals surface area contributed by atoms with E-state index >= 15 is 0 Å². The van der Waals surface area contributed by atoms with Gasteiger partial charge in [-0.25, -0.2) is 4.98 Å². The maximum Gasteiger partial charge on any atom is 0.312 e. The number of aryl methyl sites for hydroxylation is 1. The number of esters is 1. The van der Waals surface area contributed by atoms with E-state index in [1.807, 2.05) is 0 Å². The molecule has 0 spiro atoms. The molecule has 0 saturated carbocycles. The second-order valence-electron chi connectivity index (χ2n) is 6.69. The number of benzene rings is 1. The molecule has 0 fully saturated rings. The van der Waals surface area contributed by atoms with Gasteiger partial charge in [-0.05, 0) is 52.4 Å². The van der Waals surface area contributed by atoms with Crippen molar-refractivity contribution >= 4 is 28.5 Å². The van der Waals surface area contributed by atoms with Gasteiger partial charge in [-0.2, -0.15) is 0 Å². The van der Waals surface area contributed by atoms with Gasteiger partial charge in [-0.1, -0.05) is 11.6 Å². The highest BCUT2D eigenvalue weighted by molar-refractivity contribution is 6.32. The molecule has 0 atom stereocenters. The van der Waals surface area contributed by atoms with Crippen molar-refractivity contribution in [3.05, 3.63) is 38.9 Å². The summed E-state index contributed by atoms with van der Waals surface area (Å²) in [7, 11) is 1.80. The minimum absolute atomic E-state index is 0.159. The topological polar surface area (TPSA) is 73.2 Å². The smallest absolute Gasteiger partial charge is 0.312 e. The summed E-state index contributed by atoms with van der Waals surface area (Å²) < 4.78 is 6.60. The van der Waals surface area contributed by atoms with Gasteiger partial charge in [0.15, 0.2) is 6.73 Å².